The summed E-state index contributed by atoms with van der Waals surface area (Å²) in [6.07, 6.45) is 9.40. The third-order valence-corrected chi connectivity index (χ3v) is 7.36. The number of benzene rings is 3. The van der Waals surface area contributed by atoms with Crippen molar-refractivity contribution < 1.29 is 0 Å². The molecule has 2 aromatic heterocycles. The molecule has 0 radical (unpaired) electrons. The lowest BCUT2D eigenvalue weighted by atomic mass is 9.88. The molecule has 0 atom stereocenters. The summed E-state index contributed by atoms with van der Waals surface area (Å²) in [7, 11) is 0. The highest BCUT2D eigenvalue weighted by Gasteiger charge is 2.22. The van der Waals surface area contributed by atoms with E-state index in [0.717, 1.165) is 59.1 Å². The van der Waals surface area contributed by atoms with E-state index in [0.29, 0.717) is 17.5 Å². The Morgan fingerprint density at radius 1 is 0.946 bits per heavy atom. The molecule has 0 aliphatic heterocycles. The normalized spacial score (nSPS) is 14.5. The van der Waals surface area contributed by atoms with Crippen LogP contribution < -0.4 is 5.56 Å². The van der Waals surface area contributed by atoms with Crippen LogP contribution in [0.5, 0.6) is 0 Å². The first kappa shape index (κ1) is 22.9. The molecule has 1 fully saturated rings. The lowest BCUT2D eigenvalue weighted by molar-refractivity contribution is 0.416. The van der Waals surface area contributed by atoms with Crippen LogP contribution in [0.25, 0.3) is 21.8 Å². The summed E-state index contributed by atoms with van der Waals surface area (Å²) in [6, 6.07) is 25.6. The van der Waals surface area contributed by atoms with Crippen LogP contribution in [-0.4, -0.2) is 20.4 Å². The van der Waals surface area contributed by atoms with E-state index in [2.05, 4.69) is 22.8 Å². The molecule has 0 spiro atoms. The predicted octanol–water partition coefficient (Wildman–Crippen LogP) is 6.20. The molecule has 182 valence electrons. The molecule has 37 heavy (non-hydrogen) atoms. The molecule has 5 aromatic rings. The molecule has 0 saturated heterocycles. The van der Waals surface area contributed by atoms with Gasteiger partial charge in [0, 0.05) is 35.1 Å². The van der Waals surface area contributed by atoms with Crippen LogP contribution in [0.2, 0.25) is 0 Å². The van der Waals surface area contributed by atoms with Crippen molar-refractivity contribution in [1.82, 2.24) is 14.2 Å². The van der Waals surface area contributed by atoms with Gasteiger partial charge in [0.15, 0.2) is 0 Å². The van der Waals surface area contributed by atoms with Crippen molar-refractivity contribution in [3.05, 3.63) is 112 Å². The number of fused-ring (bicyclic) bond motifs is 2. The average Bonchev–Trinajstić information content (AvgIpc) is 3.30. The highest BCUT2D eigenvalue weighted by atomic mass is 16.1. The molecule has 3 aromatic carbocycles. The highest BCUT2D eigenvalue weighted by molar-refractivity contribution is 5.99. The number of para-hydroxylation sites is 2. The van der Waals surface area contributed by atoms with Crippen LogP contribution in [-0.2, 0) is 6.54 Å². The SMILES string of the molecule is N#Cc1ccccc1Cn1cc(C=Nn2c(C3CCCCC3)nc3ccccc3c2=O)c2ccccc21. The fourth-order valence-electron chi connectivity index (χ4n) is 5.46. The van der Waals surface area contributed by atoms with E-state index in [1.165, 1.54) is 11.1 Å². The minimum Gasteiger partial charge on any atom is -0.342 e. The van der Waals surface area contributed by atoms with E-state index < -0.39 is 0 Å². The first-order valence-electron chi connectivity index (χ1n) is 12.8. The molecule has 2 heterocycles. The number of nitriles is 1. The van der Waals surface area contributed by atoms with Crippen LogP contribution >= 0.6 is 0 Å². The van der Waals surface area contributed by atoms with Crippen molar-refractivity contribution in [3.8, 4) is 6.07 Å². The standard InChI is InChI=1S/C31H27N5O/c32-18-23-12-4-5-13-24(23)20-35-21-25(26-14-7-9-17-29(26)35)19-33-36-30(22-10-2-1-3-11-22)34-28-16-8-6-15-27(28)31(36)37/h4-9,12-17,19,21-22H,1-3,10-11,20H2. The Bertz CT molecular complexity index is 1730. The Hall–Kier alpha value is -4.50. The average molecular weight is 486 g/mol. The smallest absolute Gasteiger partial charge is 0.282 e. The van der Waals surface area contributed by atoms with Crippen LogP contribution in [0.3, 0.4) is 0 Å². The lowest BCUT2D eigenvalue weighted by Crippen LogP contribution is -2.25. The maximum Gasteiger partial charge on any atom is 0.282 e. The van der Waals surface area contributed by atoms with Gasteiger partial charge in [-0.1, -0.05) is 67.8 Å². The molecule has 0 amide bonds. The summed E-state index contributed by atoms with van der Waals surface area (Å²) in [5.74, 6) is 0.985. The monoisotopic (exact) mass is 485 g/mol. The summed E-state index contributed by atoms with van der Waals surface area (Å²) in [5.41, 5.74) is 4.19. The van der Waals surface area contributed by atoms with Gasteiger partial charge < -0.3 is 4.57 Å². The molecule has 1 aliphatic carbocycles. The third kappa shape index (κ3) is 4.34. The quantitative estimate of drug-likeness (QED) is 0.278. The minimum atomic E-state index is -0.130. The first-order chi connectivity index (χ1) is 18.2. The predicted molar refractivity (Wildman–Crippen MR) is 147 cm³/mol. The van der Waals surface area contributed by atoms with Crippen molar-refractivity contribution in [2.45, 2.75) is 44.6 Å². The van der Waals surface area contributed by atoms with Crippen molar-refractivity contribution in [3.63, 3.8) is 0 Å². The van der Waals surface area contributed by atoms with E-state index in [4.69, 9.17) is 10.1 Å². The maximum absolute atomic E-state index is 13.6. The number of hydrogen-bond donors (Lipinski definition) is 0. The van der Waals surface area contributed by atoms with E-state index in [-0.39, 0.29) is 11.5 Å². The Morgan fingerprint density at radius 2 is 1.68 bits per heavy atom. The van der Waals surface area contributed by atoms with Crippen LogP contribution in [0.4, 0.5) is 0 Å². The van der Waals surface area contributed by atoms with Gasteiger partial charge >= 0.3 is 0 Å². The van der Waals surface area contributed by atoms with Gasteiger partial charge in [-0.05, 0) is 42.7 Å². The Morgan fingerprint density at radius 3 is 2.51 bits per heavy atom. The second-order valence-electron chi connectivity index (χ2n) is 9.68. The summed E-state index contributed by atoms with van der Waals surface area (Å²) in [4.78, 5) is 18.5. The van der Waals surface area contributed by atoms with Gasteiger partial charge in [-0.15, -0.1) is 0 Å². The van der Waals surface area contributed by atoms with Gasteiger partial charge in [-0.3, -0.25) is 4.79 Å². The topological polar surface area (TPSA) is 76.0 Å². The van der Waals surface area contributed by atoms with Gasteiger partial charge in [0.2, 0.25) is 0 Å². The minimum absolute atomic E-state index is 0.130. The molecular formula is C31H27N5O. The fraction of sp³-hybridized carbons (Fsp3) is 0.226. The number of hydrogen-bond acceptors (Lipinski definition) is 4. The number of rotatable bonds is 5. The molecule has 1 aliphatic rings. The summed E-state index contributed by atoms with van der Waals surface area (Å²) in [5, 5.41) is 15.9. The molecule has 6 rings (SSSR count). The lowest BCUT2D eigenvalue weighted by Gasteiger charge is -2.22. The summed E-state index contributed by atoms with van der Waals surface area (Å²) in [6.45, 7) is 0.572. The Balaban J connectivity index is 1.45. The van der Waals surface area contributed by atoms with Crippen LogP contribution in [0.15, 0.2) is 88.9 Å². The van der Waals surface area contributed by atoms with Crippen LogP contribution in [0, 0.1) is 11.3 Å². The molecule has 1 saturated carbocycles. The third-order valence-electron chi connectivity index (χ3n) is 7.36. The second-order valence-corrected chi connectivity index (χ2v) is 9.68. The zero-order valence-electron chi connectivity index (χ0n) is 20.5. The van der Waals surface area contributed by atoms with Crippen LogP contribution in [0.1, 0.15) is 60.5 Å². The zero-order chi connectivity index (χ0) is 25.2. The molecule has 6 nitrogen and oxygen atoms in total. The molecule has 0 bridgehead atoms. The Kier molecular flexibility index (Phi) is 6.11. The van der Waals surface area contributed by atoms with E-state index >= 15 is 0 Å². The molecule has 0 unspecified atom stereocenters. The highest BCUT2D eigenvalue weighted by Crippen LogP contribution is 2.32. The molecule has 0 N–H and O–H groups in total. The Labute approximate surface area is 215 Å². The molecule has 6 heteroatoms. The first-order valence-corrected chi connectivity index (χ1v) is 12.8. The van der Waals surface area contributed by atoms with Crippen molar-refractivity contribution >= 4 is 28.0 Å². The fourth-order valence-corrected chi connectivity index (χ4v) is 5.46. The number of aromatic nitrogens is 3. The van der Waals surface area contributed by atoms with E-state index in [1.807, 2.05) is 66.9 Å². The van der Waals surface area contributed by atoms with E-state index in [9.17, 15) is 10.1 Å². The van der Waals surface area contributed by atoms with Crippen molar-refractivity contribution in [1.29, 1.82) is 5.26 Å². The van der Waals surface area contributed by atoms with Gasteiger partial charge in [-0.25, -0.2) is 4.98 Å². The second kappa shape index (κ2) is 9.87. The molecular weight excluding hydrogens is 458 g/mol. The maximum atomic E-state index is 13.6. The zero-order valence-corrected chi connectivity index (χ0v) is 20.5. The van der Waals surface area contributed by atoms with Crippen molar-refractivity contribution in [2.75, 3.05) is 0 Å². The number of nitrogens with zero attached hydrogens (tertiary/aromatic N) is 5. The van der Waals surface area contributed by atoms with Crippen molar-refractivity contribution in [2.24, 2.45) is 5.10 Å². The van der Waals surface area contributed by atoms with Gasteiger partial charge in [0.1, 0.15) is 5.82 Å². The summed E-state index contributed by atoms with van der Waals surface area (Å²) >= 11 is 0. The summed E-state index contributed by atoms with van der Waals surface area (Å²) < 4.78 is 3.66. The van der Waals surface area contributed by atoms with Gasteiger partial charge in [-0.2, -0.15) is 15.0 Å². The largest absolute Gasteiger partial charge is 0.342 e. The van der Waals surface area contributed by atoms with E-state index in [1.54, 1.807) is 6.21 Å². The van der Waals surface area contributed by atoms with Gasteiger partial charge in [0.05, 0.1) is 28.8 Å². The van der Waals surface area contributed by atoms with Gasteiger partial charge in [0.25, 0.3) is 5.56 Å².